The zero-order valence-electron chi connectivity index (χ0n) is 8.25. The van der Waals surface area contributed by atoms with Gasteiger partial charge in [0.1, 0.15) is 5.82 Å². The van der Waals surface area contributed by atoms with Crippen LogP contribution in [0.5, 0.6) is 0 Å². The molecule has 0 spiro atoms. The fraction of sp³-hybridized carbons (Fsp3) is 0.364. The predicted molar refractivity (Wildman–Crippen MR) is 51.0 cm³/mol. The molecule has 14 heavy (non-hydrogen) atoms. The van der Waals surface area contributed by atoms with E-state index in [1.165, 1.54) is 18.2 Å². The highest BCUT2D eigenvalue weighted by Gasteiger charge is 2.04. The molecule has 1 aromatic rings. The summed E-state index contributed by atoms with van der Waals surface area (Å²) in [6.45, 7) is 4.06. The van der Waals surface area contributed by atoms with Gasteiger partial charge in [-0.1, -0.05) is 0 Å². The Morgan fingerprint density at radius 2 is 2.21 bits per heavy atom. The van der Waals surface area contributed by atoms with E-state index in [9.17, 15) is 4.39 Å². The standard InChI is InChI=1S/C11H12FNO/c1-8(2)14-7-10-5-11(12)4-3-9(10)6-13/h3-5,8H,7H2,1-2H3. The van der Waals surface area contributed by atoms with Crippen LogP contribution in [0, 0.1) is 17.1 Å². The molecule has 0 atom stereocenters. The minimum absolute atomic E-state index is 0.0739. The normalized spacial score (nSPS) is 10.2. The number of benzene rings is 1. The lowest BCUT2D eigenvalue weighted by Crippen LogP contribution is -2.03. The van der Waals surface area contributed by atoms with E-state index in [1.54, 1.807) is 0 Å². The third-order valence-corrected chi connectivity index (χ3v) is 1.76. The average Bonchev–Trinajstić information content (AvgIpc) is 2.15. The van der Waals surface area contributed by atoms with Crippen LogP contribution in [-0.2, 0) is 11.3 Å². The molecule has 0 radical (unpaired) electrons. The molecular weight excluding hydrogens is 181 g/mol. The SMILES string of the molecule is CC(C)OCc1cc(F)ccc1C#N. The van der Waals surface area contributed by atoms with Gasteiger partial charge in [0.2, 0.25) is 0 Å². The molecule has 0 fully saturated rings. The summed E-state index contributed by atoms with van der Waals surface area (Å²) < 4.78 is 18.2. The number of rotatable bonds is 3. The van der Waals surface area contributed by atoms with Crippen LogP contribution in [0.1, 0.15) is 25.0 Å². The topological polar surface area (TPSA) is 33.0 Å². The Kier molecular flexibility index (Phi) is 3.61. The van der Waals surface area contributed by atoms with E-state index in [1.807, 2.05) is 19.9 Å². The summed E-state index contributed by atoms with van der Waals surface area (Å²) >= 11 is 0. The van der Waals surface area contributed by atoms with Gasteiger partial charge in [-0.3, -0.25) is 0 Å². The molecule has 0 aliphatic carbocycles. The van der Waals surface area contributed by atoms with Crippen molar-refractivity contribution in [3.63, 3.8) is 0 Å². The predicted octanol–water partition coefficient (Wildman–Crippen LogP) is 2.62. The first-order valence-electron chi connectivity index (χ1n) is 4.43. The van der Waals surface area contributed by atoms with E-state index in [-0.39, 0.29) is 18.5 Å². The first-order valence-corrected chi connectivity index (χ1v) is 4.43. The van der Waals surface area contributed by atoms with Crippen LogP contribution in [-0.4, -0.2) is 6.10 Å². The number of ether oxygens (including phenoxy) is 1. The Morgan fingerprint density at radius 1 is 1.50 bits per heavy atom. The van der Waals surface area contributed by atoms with Crippen LogP contribution in [0.25, 0.3) is 0 Å². The molecule has 0 amide bonds. The molecule has 2 nitrogen and oxygen atoms in total. The van der Waals surface area contributed by atoms with Crippen LogP contribution >= 0.6 is 0 Å². The maximum absolute atomic E-state index is 12.8. The lowest BCUT2D eigenvalue weighted by atomic mass is 10.1. The highest BCUT2D eigenvalue weighted by atomic mass is 19.1. The quantitative estimate of drug-likeness (QED) is 0.739. The number of halogens is 1. The molecule has 0 aromatic heterocycles. The van der Waals surface area contributed by atoms with Gasteiger partial charge >= 0.3 is 0 Å². The van der Waals surface area contributed by atoms with E-state index in [2.05, 4.69) is 0 Å². The fourth-order valence-corrected chi connectivity index (χ4v) is 1.05. The second-order valence-corrected chi connectivity index (χ2v) is 3.27. The summed E-state index contributed by atoms with van der Waals surface area (Å²) in [6.07, 6.45) is 0.0739. The van der Waals surface area contributed by atoms with Crippen LogP contribution in [0.3, 0.4) is 0 Å². The van der Waals surface area contributed by atoms with Crippen molar-refractivity contribution in [1.82, 2.24) is 0 Å². The largest absolute Gasteiger partial charge is 0.374 e. The lowest BCUT2D eigenvalue weighted by Gasteiger charge is -2.08. The first-order chi connectivity index (χ1) is 6.63. The van der Waals surface area contributed by atoms with Crippen molar-refractivity contribution in [2.45, 2.75) is 26.6 Å². The van der Waals surface area contributed by atoms with E-state index < -0.39 is 0 Å². The molecule has 1 aromatic carbocycles. The van der Waals surface area contributed by atoms with Crippen molar-refractivity contribution in [1.29, 1.82) is 5.26 Å². The monoisotopic (exact) mass is 193 g/mol. The highest BCUT2D eigenvalue weighted by molar-refractivity contribution is 5.37. The summed E-state index contributed by atoms with van der Waals surface area (Å²) in [5.41, 5.74) is 1.06. The van der Waals surface area contributed by atoms with E-state index in [4.69, 9.17) is 10.00 Å². The summed E-state index contributed by atoms with van der Waals surface area (Å²) in [5.74, 6) is -0.341. The fourth-order valence-electron chi connectivity index (χ4n) is 1.05. The van der Waals surface area contributed by atoms with Crippen molar-refractivity contribution in [2.24, 2.45) is 0 Å². The molecule has 3 heteroatoms. The van der Waals surface area contributed by atoms with Gasteiger partial charge in [0, 0.05) is 0 Å². The smallest absolute Gasteiger partial charge is 0.123 e. The summed E-state index contributed by atoms with van der Waals surface area (Å²) in [5, 5.41) is 8.75. The van der Waals surface area contributed by atoms with Crippen LogP contribution in [0.4, 0.5) is 4.39 Å². The summed E-state index contributed by atoms with van der Waals surface area (Å²) in [4.78, 5) is 0. The molecule has 0 bridgehead atoms. The zero-order chi connectivity index (χ0) is 10.6. The van der Waals surface area contributed by atoms with Crippen molar-refractivity contribution in [3.8, 4) is 6.07 Å². The number of hydrogen-bond donors (Lipinski definition) is 0. The molecular formula is C11H12FNO. The van der Waals surface area contributed by atoms with Crippen molar-refractivity contribution in [3.05, 3.63) is 35.1 Å². The van der Waals surface area contributed by atoms with Gasteiger partial charge in [-0.2, -0.15) is 5.26 Å². The number of nitriles is 1. The lowest BCUT2D eigenvalue weighted by molar-refractivity contribution is 0.0654. The molecule has 0 N–H and O–H groups in total. The average molecular weight is 193 g/mol. The van der Waals surface area contributed by atoms with E-state index in [0.717, 1.165) is 0 Å². The van der Waals surface area contributed by atoms with Gasteiger partial charge in [-0.05, 0) is 37.6 Å². The van der Waals surface area contributed by atoms with Crippen LogP contribution in [0.15, 0.2) is 18.2 Å². The molecule has 0 aliphatic rings. The summed E-state index contributed by atoms with van der Waals surface area (Å²) in [7, 11) is 0. The molecule has 0 unspecified atom stereocenters. The van der Waals surface area contributed by atoms with Crippen molar-refractivity contribution < 1.29 is 9.13 Å². The zero-order valence-corrected chi connectivity index (χ0v) is 8.25. The molecule has 1 rings (SSSR count). The van der Waals surface area contributed by atoms with Gasteiger partial charge in [0.25, 0.3) is 0 Å². The summed E-state index contributed by atoms with van der Waals surface area (Å²) in [6, 6.07) is 6.08. The Hall–Kier alpha value is -1.40. The van der Waals surface area contributed by atoms with Gasteiger partial charge in [0.05, 0.1) is 24.3 Å². The Balaban J connectivity index is 2.84. The number of hydrogen-bond acceptors (Lipinski definition) is 2. The Morgan fingerprint density at radius 3 is 2.79 bits per heavy atom. The van der Waals surface area contributed by atoms with Gasteiger partial charge in [-0.15, -0.1) is 0 Å². The van der Waals surface area contributed by atoms with Crippen molar-refractivity contribution >= 4 is 0 Å². The van der Waals surface area contributed by atoms with Crippen LogP contribution in [0.2, 0.25) is 0 Å². The molecule has 0 aliphatic heterocycles. The third kappa shape index (κ3) is 2.82. The maximum Gasteiger partial charge on any atom is 0.123 e. The van der Waals surface area contributed by atoms with Gasteiger partial charge in [0.15, 0.2) is 0 Å². The van der Waals surface area contributed by atoms with Gasteiger partial charge < -0.3 is 4.74 Å². The molecule has 74 valence electrons. The Labute approximate surface area is 82.9 Å². The molecule has 0 saturated carbocycles. The van der Waals surface area contributed by atoms with Gasteiger partial charge in [-0.25, -0.2) is 4.39 Å². The number of nitrogens with zero attached hydrogens (tertiary/aromatic N) is 1. The maximum atomic E-state index is 12.8. The molecule has 0 heterocycles. The van der Waals surface area contributed by atoms with E-state index in [0.29, 0.717) is 11.1 Å². The van der Waals surface area contributed by atoms with Crippen LogP contribution < -0.4 is 0 Å². The molecule has 0 saturated heterocycles. The third-order valence-electron chi connectivity index (χ3n) is 1.76. The Bertz CT molecular complexity index is 355. The first kappa shape index (κ1) is 10.7. The highest BCUT2D eigenvalue weighted by Crippen LogP contribution is 2.12. The second kappa shape index (κ2) is 4.73. The van der Waals surface area contributed by atoms with E-state index >= 15 is 0 Å². The van der Waals surface area contributed by atoms with Crippen molar-refractivity contribution in [2.75, 3.05) is 0 Å². The minimum Gasteiger partial charge on any atom is -0.374 e. The second-order valence-electron chi connectivity index (χ2n) is 3.27. The minimum atomic E-state index is -0.341.